The molecule has 156 valence electrons. The van der Waals surface area contributed by atoms with E-state index in [-0.39, 0.29) is 18.8 Å². The van der Waals surface area contributed by atoms with Gasteiger partial charge in [0, 0.05) is 17.0 Å². The van der Waals surface area contributed by atoms with Crippen LogP contribution in [0.5, 0.6) is 5.75 Å². The summed E-state index contributed by atoms with van der Waals surface area (Å²) in [5.74, 6) is -0.165. The summed E-state index contributed by atoms with van der Waals surface area (Å²) >= 11 is 0. The van der Waals surface area contributed by atoms with Crippen LogP contribution in [0.2, 0.25) is 0 Å². The Morgan fingerprint density at radius 1 is 1.20 bits per heavy atom. The SMILES string of the molecule is C[C@H](OC(=O)COc1ccc2c3c(c(=O)oc2c1)CCC3)C(=O)NCc1ccco1. The molecule has 0 fully saturated rings. The van der Waals surface area contributed by atoms with Gasteiger partial charge >= 0.3 is 11.6 Å². The van der Waals surface area contributed by atoms with Crippen molar-refractivity contribution in [3.8, 4) is 5.75 Å². The standard InChI is InChI=1S/C22H21NO7/c1-13(21(25)23-11-15-4-3-9-27-15)29-20(24)12-28-14-7-8-17-16-5-2-6-18(16)22(26)30-19(17)10-14/h3-4,7-10,13H,2,5-6,11-12H2,1H3,(H,23,25)/t13-/m0/s1. The second kappa shape index (κ2) is 8.44. The van der Waals surface area contributed by atoms with Crippen LogP contribution in [-0.4, -0.2) is 24.6 Å². The van der Waals surface area contributed by atoms with Crippen molar-refractivity contribution in [3.05, 3.63) is 63.9 Å². The van der Waals surface area contributed by atoms with Gasteiger partial charge in [-0.1, -0.05) is 0 Å². The molecule has 0 spiro atoms. The van der Waals surface area contributed by atoms with Crippen LogP contribution in [0.15, 0.2) is 50.2 Å². The van der Waals surface area contributed by atoms with Crippen LogP contribution in [0.4, 0.5) is 0 Å². The van der Waals surface area contributed by atoms with Crippen LogP contribution in [-0.2, 0) is 33.7 Å². The molecule has 1 aromatic carbocycles. The maximum Gasteiger partial charge on any atom is 0.344 e. The third-order valence-electron chi connectivity index (χ3n) is 5.00. The Bertz CT molecular complexity index is 1130. The lowest BCUT2D eigenvalue weighted by atomic mass is 10.1. The number of nitrogens with one attached hydrogen (secondary N) is 1. The number of carbonyl (C=O) groups excluding carboxylic acids is 2. The molecule has 1 aliphatic carbocycles. The number of hydrogen-bond donors (Lipinski definition) is 1. The second-order valence-corrected chi connectivity index (χ2v) is 7.08. The minimum Gasteiger partial charge on any atom is -0.482 e. The Kier molecular flexibility index (Phi) is 5.56. The summed E-state index contributed by atoms with van der Waals surface area (Å²) in [6.07, 6.45) is 3.06. The number of esters is 1. The predicted octanol–water partition coefficient (Wildman–Crippen LogP) is 2.50. The fraction of sp³-hybridized carbons (Fsp3) is 0.318. The third kappa shape index (κ3) is 4.22. The lowest BCUT2D eigenvalue weighted by Crippen LogP contribution is -2.36. The summed E-state index contributed by atoms with van der Waals surface area (Å²) in [4.78, 5) is 36.1. The molecule has 8 heteroatoms. The van der Waals surface area contributed by atoms with Crippen molar-refractivity contribution in [2.24, 2.45) is 0 Å². The van der Waals surface area contributed by atoms with Crippen molar-refractivity contribution in [2.45, 2.75) is 38.8 Å². The highest BCUT2D eigenvalue weighted by Gasteiger charge is 2.21. The zero-order valence-electron chi connectivity index (χ0n) is 16.4. The van der Waals surface area contributed by atoms with E-state index in [0.29, 0.717) is 17.1 Å². The van der Waals surface area contributed by atoms with Crippen molar-refractivity contribution in [3.63, 3.8) is 0 Å². The number of furan rings is 1. The maximum absolute atomic E-state index is 12.1. The molecule has 0 unspecified atom stereocenters. The molecular weight excluding hydrogens is 390 g/mol. The highest BCUT2D eigenvalue weighted by atomic mass is 16.6. The zero-order chi connectivity index (χ0) is 21.1. The number of ether oxygens (including phenoxy) is 2. The van der Waals surface area contributed by atoms with Gasteiger partial charge in [-0.15, -0.1) is 0 Å². The molecule has 2 heterocycles. The maximum atomic E-state index is 12.1. The largest absolute Gasteiger partial charge is 0.482 e. The molecule has 4 rings (SSSR count). The van der Waals surface area contributed by atoms with E-state index in [9.17, 15) is 14.4 Å². The van der Waals surface area contributed by atoms with Crippen LogP contribution in [0.3, 0.4) is 0 Å². The molecule has 0 saturated carbocycles. The van der Waals surface area contributed by atoms with Gasteiger partial charge in [-0.05, 0) is 56.0 Å². The molecule has 8 nitrogen and oxygen atoms in total. The van der Waals surface area contributed by atoms with E-state index in [4.69, 9.17) is 18.3 Å². The molecule has 3 aromatic rings. The van der Waals surface area contributed by atoms with Gasteiger partial charge < -0.3 is 23.6 Å². The molecule has 0 saturated heterocycles. The van der Waals surface area contributed by atoms with Crippen molar-refractivity contribution < 1.29 is 27.9 Å². The fourth-order valence-corrected chi connectivity index (χ4v) is 3.51. The summed E-state index contributed by atoms with van der Waals surface area (Å²) < 4.78 is 21.1. The number of hydrogen-bond acceptors (Lipinski definition) is 7. The van der Waals surface area contributed by atoms with Gasteiger partial charge in [0.1, 0.15) is 17.1 Å². The zero-order valence-corrected chi connectivity index (χ0v) is 16.4. The van der Waals surface area contributed by atoms with Crippen LogP contribution in [0.1, 0.15) is 30.2 Å². The lowest BCUT2D eigenvalue weighted by molar-refractivity contribution is -0.156. The predicted molar refractivity (Wildman–Crippen MR) is 106 cm³/mol. The van der Waals surface area contributed by atoms with Gasteiger partial charge in [-0.25, -0.2) is 9.59 Å². The van der Waals surface area contributed by atoms with E-state index in [1.165, 1.54) is 13.2 Å². The first-order chi connectivity index (χ1) is 14.5. The number of carbonyl (C=O) groups is 2. The quantitative estimate of drug-likeness (QED) is 0.470. The Morgan fingerprint density at radius 3 is 2.83 bits per heavy atom. The van der Waals surface area contributed by atoms with Gasteiger partial charge in [0.2, 0.25) is 0 Å². The van der Waals surface area contributed by atoms with Crippen LogP contribution in [0, 0.1) is 0 Å². The highest BCUT2D eigenvalue weighted by Crippen LogP contribution is 2.29. The van der Waals surface area contributed by atoms with Crippen molar-refractivity contribution in [1.29, 1.82) is 0 Å². The van der Waals surface area contributed by atoms with Gasteiger partial charge in [-0.3, -0.25) is 4.79 Å². The normalized spacial score (nSPS) is 13.6. The smallest absolute Gasteiger partial charge is 0.344 e. The van der Waals surface area contributed by atoms with E-state index in [1.807, 2.05) is 6.07 Å². The number of amides is 1. The van der Waals surface area contributed by atoms with Crippen molar-refractivity contribution >= 4 is 22.8 Å². The number of fused-ring (bicyclic) bond motifs is 3. The molecule has 1 aliphatic rings. The number of rotatable bonds is 7. The molecular formula is C22H21NO7. The van der Waals surface area contributed by atoms with Gasteiger partial charge in [0.25, 0.3) is 5.91 Å². The summed E-state index contributed by atoms with van der Waals surface area (Å²) in [6, 6.07) is 8.57. The Morgan fingerprint density at radius 2 is 2.03 bits per heavy atom. The monoisotopic (exact) mass is 411 g/mol. The molecule has 30 heavy (non-hydrogen) atoms. The molecule has 1 atom stereocenters. The molecule has 0 aliphatic heterocycles. The lowest BCUT2D eigenvalue weighted by Gasteiger charge is -2.13. The van der Waals surface area contributed by atoms with E-state index in [1.54, 1.807) is 24.3 Å². The average Bonchev–Trinajstić information content (AvgIpc) is 3.42. The first kappa shape index (κ1) is 19.8. The van der Waals surface area contributed by atoms with Gasteiger partial charge in [0.15, 0.2) is 12.7 Å². The Labute approximate surface area is 171 Å². The van der Waals surface area contributed by atoms with Crippen LogP contribution in [0.25, 0.3) is 11.0 Å². The molecule has 1 N–H and O–H groups in total. The summed E-state index contributed by atoms with van der Waals surface area (Å²) in [7, 11) is 0. The Hall–Kier alpha value is -3.55. The van der Waals surface area contributed by atoms with Crippen LogP contribution >= 0.6 is 0 Å². The second-order valence-electron chi connectivity index (χ2n) is 7.08. The van der Waals surface area contributed by atoms with Gasteiger partial charge in [0.05, 0.1) is 12.8 Å². The van der Waals surface area contributed by atoms with E-state index < -0.39 is 18.0 Å². The summed E-state index contributed by atoms with van der Waals surface area (Å²) in [5.41, 5.74) is 1.89. The molecule has 1 amide bonds. The van der Waals surface area contributed by atoms with E-state index >= 15 is 0 Å². The van der Waals surface area contributed by atoms with Gasteiger partial charge in [-0.2, -0.15) is 0 Å². The Balaban J connectivity index is 1.32. The van der Waals surface area contributed by atoms with Crippen molar-refractivity contribution in [2.75, 3.05) is 6.61 Å². The van der Waals surface area contributed by atoms with E-state index in [0.717, 1.165) is 35.8 Å². The first-order valence-corrected chi connectivity index (χ1v) is 9.72. The number of aryl methyl sites for hydroxylation is 1. The first-order valence-electron chi connectivity index (χ1n) is 9.72. The molecule has 2 aromatic heterocycles. The third-order valence-corrected chi connectivity index (χ3v) is 5.00. The van der Waals surface area contributed by atoms with Crippen LogP contribution < -0.4 is 15.7 Å². The highest BCUT2D eigenvalue weighted by molar-refractivity contribution is 5.84. The fourth-order valence-electron chi connectivity index (χ4n) is 3.51. The minimum atomic E-state index is -0.978. The summed E-state index contributed by atoms with van der Waals surface area (Å²) in [6.45, 7) is 1.30. The average molecular weight is 411 g/mol. The minimum absolute atomic E-state index is 0.205. The van der Waals surface area contributed by atoms with Crippen molar-refractivity contribution in [1.82, 2.24) is 5.32 Å². The molecule has 0 bridgehead atoms. The van der Waals surface area contributed by atoms with E-state index in [2.05, 4.69) is 5.32 Å². The molecule has 0 radical (unpaired) electrons. The topological polar surface area (TPSA) is 108 Å². The summed E-state index contributed by atoms with van der Waals surface area (Å²) in [5, 5.41) is 3.50. The number of benzene rings is 1.